The van der Waals surface area contributed by atoms with Crippen molar-refractivity contribution in [3.8, 4) is 0 Å². The Bertz CT molecular complexity index is 407. The van der Waals surface area contributed by atoms with Gasteiger partial charge in [0.05, 0.1) is 6.61 Å². The summed E-state index contributed by atoms with van der Waals surface area (Å²) in [6.45, 7) is 12.3. The summed E-state index contributed by atoms with van der Waals surface area (Å²) in [5.74, 6) is -0.242. The van der Waals surface area contributed by atoms with E-state index in [-0.39, 0.29) is 5.97 Å². The second-order valence-electron chi connectivity index (χ2n) is 5.46. The molecule has 0 N–H and O–H groups in total. The third-order valence-electron chi connectivity index (χ3n) is 3.05. The highest BCUT2D eigenvalue weighted by Gasteiger charge is 1.99. The quantitative estimate of drug-likeness (QED) is 0.300. The molecular weight excluding hydrogens is 260 g/mol. The van der Waals surface area contributed by atoms with Crippen LogP contribution in [0.2, 0.25) is 0 Å². The summed E-state index contributed by atoms with van der Waals surface area (Å²) in [6, 6.07) is 0. The van der Waals surface area contributed by atoms with Crippen LogP contribution in [0.3, 0.4) is 0 Å². The fraction of sp³-hybridized carbons (Fsp3) is 0.526. The molecule has 21 heavy (non-hydrogen) atoms. The number of carbonyl (C=O) groups is 1. The van der Waals surface area contributed by atoms with E-state index in [1.54, 1.807) is 6.08 Å². The lowest BCUT2D eigenvalue weighted by Gasteiger charge is -2.04. The maximum Gasteiger partial charge on any atom is 0.330 e. The van der Waals surface area contributed by atoms with E-state index in [2.05, 4.69) is 32.6 Å². The van der Waals surface area contributed by atoms with Crippen LogP contribution in [0.25, 0.3) is 0 Å². The highest BCUT2D eigenvalue weighted by Crippen LogP contribution is 2.15. The molecule has 0 aliphatic carbocycles. The Hall–Kier alpha value is -1.57. The third-order valence-corrected chi connectivity index (χ3v) is 3.05. The minimum absolute atomic E-state index is 0.242. The lowest BCUT2D eigenvalue weighted by Crippen LogP contribution is -2.00. The van der Waals surface area contributed by atoms with Gasteiger partial charge in [0.15, 0.2) is 0 Å². The summed E-state index contributed by atoms with van der Waals surface area (Å²) in [5.41, 5.74) is 3.85. The van der Waals surface area contributed by atoms with E-state index in [0.29, 0.717) is 6.61 Å². The van der Waals surface area contributed by atoms with E-state index in [1.807, 2.05) is 19.9 Å². The molecule has 0 amide bonds. The van der Waals surface area contributed by atoms with E-state index in [0.717, 1.165) is 37.7 Å². The van der Waals surface area contributed by atoms with Crippen molar-refractivity contribution in [2.24, 2.45) is 0 Å². The largest absolute Gasteiger partial charge is 0.463 e. The normalized spacial score (nSPS) is 12.0. The van der Waals surface area contributed by atoms with E-state index < -0.39 is 0 Å². The highest BCUT2D eigenvalue weighted by molar-refractivity contribution is 5.82. The number of hydrogen-bond acceptors (Lipinski definition) is 2. The Balaban J connectivity index is 4.33. The minimum Gasteiger partial charge on any atom is -0.463 e. The second kappa shape index (κ2) is 12.2. The van der Waals surface area contributed by atoms with E-state index in [4.69, 9.17) is 4.74 Å². The fourth-order valence-electron chi connectivity index (χ4n) is 1.98. The summed E-state index contributed by atoms with van der Waals surface area (Å²) >= 11 is 0. The zero-order chi connectivity index (χ0) is 16.1. The number of rotatable bonds is 10. The zero-order valence-electron chi connectivity index (χ0n) is 14.1. The van der Waals surface area contributed by atoms with Gasteiger partial charge in [0.1, 0.15) is 0 Å². The second-order valence-corrected chi connectivity index (χ2v) is 5.46. The SMILES string of the molecule is C=CC/C(=C\CC/C(C)=C/C(=O)OCC)CCC=C(C)C. The summed E-state index contributed by atoms with van der Waals surface area (Å²) < 4.78 is 4.90. The Labute approximate surface area is 130 Å². The van der Waals surface area contributed by atoms with E-state index in [9.17, 15) is 4.79 Å². The molecule has 0 rings (SSSR count). The van der Waals surface area contributed by atoms with Crippen LogP contribution < -0.4 is 0 Å². The van der Waals surface area contributed by atoms with E-state index >= 15 is 0 Å². The molecule has 0 aliphatic heterocycles. The molecule has 0 fully saturated rings. The average molecular weight is 290 g/mol. The van der Waals surface area contributed by atoms with Gasteiger partial charge in [-0.2, -0.15) is 0 Å². The molecule has 0 bridgehead atoms. The molecule has 0 unspecified atom stereocenters. The van der Waals surface area contributed by atoms with Crippen LogP contribution in [0.5, 0.6) is 0 Å². The van der Waals surface area contributed by atoms with E-state index in [1.165, 1.54) is 11.1 Å². The third kappa shape index (κ3) is 11.9. The van der Waals surface area contributed by atoms with Crippen LogP contribution in [0, 0.1) is 0 Å². The first kappa shape index (κ1) is 19.4. The van der Waals surface area contributed by atoms with Gasteiger partial charge in [0, 0.05) is 6.08 Å². The first-order valence-corrected chi connectivity index (χ1v) is 7.75. The molecule has 0 saturated carbocycles. The lowest BCUT2D eigenvalue weighted by molar-refractivity contribution is -0.137. The molecule has 0 aromatic heterocycles. The molecule has 0 atom stereocenters. The standard InChI is InChI=1S/C19H30O2/c1-6-10-18(13-8-11-16(3)4)14-9-12-17(5)15-19(20)21-7-2/h6,11,14-15H,1,7-10,12-13H2,2-5H3/b17-15+,18-14+. The van der Waals surface area contributed by atoms with Gasteiger partial charge < -0.3 is 4.74 Å². The summed E-state index contributed by atoms with van der Waals surface area (Å²) in [5, 5.41) is 0. The van der Waals surface area contributed by atoms with Gasteiger partial charge in [-0.1, -0.05) is 34.9 Å². The molecule has 118 valence electrons. The molecule has 2 nitrogen and oxygen atoms in total. The smallest absolute Gasteiger partial charge is 0.330 e. The number of allylic oxidation sites excluding steroid dienone is 6. The first-order valence-electron chi connectivity index (χ1n) is 7.75. The number of esters is 1. The molecule has 0 spiro atoms. The summed E-state index contributed by atoms with van der Waals surface area (Å²) in [4.78, 5) is 11.3. The monoisotopic (exact) mass is 290 g/mol. The molecule has 0 saturated heterocycles. The molecule has 0 aliphatic rings. The number of carbonyl (C=O) groups excluding carboxylic acids is 1. The van der Waals surface area contributed by atoms with Gasteiger partial charge >= 0.3 is 5.97 Å². The van der Waals surface area contributed by atoms with Crippen molar-refractivity contribution >= 4 is 5.97 Å². The zero-order valence-corrected chi connectivity index (χ0v) is 14.1. The maximum absolute atomic E-state index is 11.3. The predicted molar refractivity (Wildman–Crippen MR) is 91.2 cm³/mol. The highest BCUT2D eigenvalue weighted by atomic mass is 16.5. The summed E-state index contributed by atoms with van der Waals surface area (Å²) in [6.07, 6.45) is 13.0. The predicted octanol–water partition coefficient (Wildman–Crippen LogP) is 5.52. The van der Waals surface area contributed by atoms with Crippen molar-refractivity contribution in [2.45, 2.75) is 59.8 Å². The van der Waals surface area contributed by atoms with Crippen molar-refractivity contribution in [2.75, 3.05) is 6.61 Å². The number of ether oxygens (including phenoxy) is 1. The maximum atomic E-state index is 11.3. The van der Waals surface area contributed by atoms with Crippen molar-refractivity contribution in [1.82, 2.24) is 0 Å². The van der Waals surface area contributed by atoms with Gasteiger partial charge in [-0.25, -0.2) is 4.79 Å². The molecule has 0 heterocycles. The Morgan fingerprint density at radius 3 is 2.33 bits per heavy atom. The molecular formula is C19H30O2. The summed E-state index contributed by atoms with van der Waals surface area (Å²) in [7, 11) is 0. The Morgan fingerprint density at radius 2 is 1.76 bits per heavy atom. The number of hydrogen-bond donors (Lipinski definition) is 0. The van der Waals surface area contributed by atoms with Crippen molar-refractivity contribution in [3.63, 3.8) is 0 Å². The fourth-order valence-corrected chi connectivity index (χ4v) is 1.98. The van der Waals surface area contributed by atoms with Crippen LogP contribution in [0.1, 0.15) is 59.8 Å². The Morgan fingerprint density at radius 1 is 1.10 bits per heavy atom. The average Bonchev–Trinajstić information content (AvgIpc) is 2.38. The van der Waals surface area contributed by atoms with Crippen molar-refractivity contribution < 1.29 is 9.53 Å². The van der Waals surface area contributed by atoms with Crippen LogP contribution >= 0.6 is 0 Å². The van der Waals surface area contributed by atoms with Gasteiger partial charge in [-0.05, 0) is 59.8 Å². The molecule has 0 aromatic rings. The molecule has 0 aromatic carbocycles. The minimum atomic E-state index is -0.242. The lowest BCUT2D eigenvalue weighted by atomic mass is 10.0. The van der Waals surface area contributed by atoms with Crippen LogP contribution in [-0.4, -0.2) is 12.6 Å². The van der Waals surface area contributed by atoms with Crippen LogP contribution in [0.15, 0.2) is 47.6 Å². The van der Waals surface area contributed by atoms with Gasteiger partial charge in [-0.3, -0.25) is 0 Å². The van der Waals surface area contributed by atoms with Crippen molar-refractivity contribution in [1.29, 1.82) is 0 Å². The van der Waals surface area contributed by atoms with Gasteiger partial charge in [-0.15, -0.1) is 6.58 Å². The Kier molecular flexibility index (Phi) is 11.3. The van der Waals surface area contributed by atoms with Gasteiger partial charge in [0.2, 0.25) is 0 Å². The molecule has 2 heteroatoms. The topological polar surface area (TPSA) is 26.3 Å². The molecule has 0 radical (unpaired) electrons. The van der Waals surface area contributed by atoms with Crippen molar-refractivity contribution in [3.05, 3.63) is 47.6 Å². The first-order chi connectivity index (χ1) is 9.99. The van der Waals surface area contributed by atoms with Crippen LogP contribution in [0.4, 0.5) is 0 Å². The van der Waals surface area contributed by atoms with Crippen LogP contribution in [-0.2, 0) is 9.53 Å². The van der Waals surface area contributed by atoms with Gasteiger partial charge in [0.25, 0.3) is 0 Å².